The molecule has 2 atom stereocenters. The summed E-state index contributed by atoms with van der Waals surface area (Å²) in [6, 6.07) is -0.243. The molecule has 1 saturated carbocycles. The second kappa shape index (κ2) is 6.05. The summed E-state index contributed by atoms with van der Waals surface area (Å²) < 4.78 is 0. The van der Waals surface area contributed by atoms with Gasteiger partial charge in [0, 0.05) is 13.1 Å². The van der Waals surface area contributed by atoms with Gasteiger partial charge in [0.05, 0.1) is 6.04 Å². The van der Waals surface area contributed by atoms with Crippen LogP contribution in [0.15, 0.2) is 0 Å². The van der Waals surface area contributed by atoms with Gasteiger partial charge in [-0.05, 0) is 43.4 Å². The first-order chi connectivity index (χ1) is 8.58. The van der Waals surface area contributed by atoms with Crippen LogP contribution in [0.4, 0.5) is 0 Å². The van der Waals surface area contributed by atoms with Crippen LogP contribution < -0.4 is 5.73 Å². The van der Waals surface area contributed by atoms with Gasteiger partial charge in [-0.2, -0.15) is 0 Å². The van der Waals surface area contributed by atoms with Crippen LogP contribution in [0.3, 0.4) is 0 Å². The van der Waals surface area contributed by atoms with Crippen LogP contribution in [0.1, 0.15) is 52.4 Å². The van der Waals surface area contributed by atoms with E-state index < -0.39 is 0 Å². The molecule has 0 spiro atoms. The molecule has 0 aromatic carbocycles. The maximum Gasteiger partial charge on any atom is 0.239 e. The van der Waals surface area contributed by atoms with Crippen molar-refractivity contribution in [2.24, 2.45) is 23.5 Å². The van der Waals surface area contributed by atoms with Crippen molar-refractivity contribution < 1.29 is 4.79 Å². The molecule has 3 nitrogen and oxygen atoms in total. The van der Waals surface area contributed by atoms with Gasteiger partial charge in [-0.15, -0.1) is 0 Å². The van der Waals surface area contributed by atoms with Gasteiger partial charge in [0.25, 0.3) is 0 Å². The number of carbonyl (C=O) groups excluding carboxylic acids is 1. The molecule has 0 bridgehead atoms. The monoisotopic (exact) mass is 252 g/mol. The van der Waals surface area contributed by atoms with E-state index in [0.717, 1.165) is 50.1 Å². The molecule has 2 unspecified atom stereocenters. The number of hydrogen-bond acceptors (Lipinski definition) is 2. The highest BCUT2D eigenvalue weighted by Crippen LogP contribution is 2.33. The van der Waals surface area contributed by atoms with E-state index in [1.807, 2.05) is 4.90 Å². The van der Waals surface area contributed by atoms with Crippen molar-refractivity contribution in [3.05, 3.63) is 0 Å². The van der Waals surface area contributed by atoms with E-state index in [1.165, 1.54) is 19.3 Å². The first-order valence-corrected chi connectivity index (χ1v) is 7.62. The van der Waals surface area contributed by atoms with Gasteiger partial charge in [-0.3, -0.25) is 4.79 Å². The third kappa shape index (κ3) is 3.71. The largest absolute Gasteiger partial charge is 0.341 e. The van der Waals surface area contributed by atoms with E-state index >= 15 is 0 Å². The lowest BCUT2D eigenvalue weighted by atomic mass is 9.89. The smallest absolute Gasteiger partial charge is 0.239 e. The van der Waals surface area contributed by atoms with Crippen LogP contribution in [0.25, 0.3) is 0 Å². The molecule has 2 aliphatic rings. The Morgan fingerprint density at radius 1 is 1.22 bits per heavy atom. The molecule has 2 N–H and O–H groups in total. The average Bonchev–Trinajstić information content (AvgIpc) is 3.12. The second-order valence-electron chi connectivity index (χ2n) is 6.55. The standard InChI is InChI=1S/C15H28N2O/c1-11(2)13-4-3-8-17(9-7-13)15(18)14(16)10-12-5-6-12/h11-14H,3-10,16H2,1-2H3. The Balaban J connectivity index is 1.82. The molecule has 2 rings (SSSR count). The van der Waals surface area contributed by atoms with Gasteiger partial charge in [-0.25, -0.2) is 0 Å². The lowest BCUT2D eigenvalue weighted by Crippen LogP contribution is -2.44. The van der Waals surface area contributed by atoms with E-state index in [9.17, 15) is 4.79 Å². The normalized spacial score (nSPS) is 27.1. The predicted octanol–water partition coefficient (Wildman–Crippen LogP) is 2.40. The predicted molar refractivity (Wildman–Crippen MR) is 74.1 cm³/mol. The summed E-state index contributed by atoms with van der Waals surface area (Å²) in [5, 5.41) is 0. The van der Waals surface area contributed by atoms with Crippen molar-refractivity contribution in [2.75, 3.05) is 13.1 Å². The Morgan fingerprint density at radius 2 is 1.94 bits per heavy atom. The number of likely N-dealkylation sites (tertiary alicyclic amines) is 1. The van der Waals surface area contributed by atoms with Crippen LogP contribution in [0.2, 0.25) is 0 Å². The minimum atomic E-state index is -0.243. The zero-order valence-electron chi connectivity index (χ0n) is 11.9. The molecule has 1 heterocycles. The Labute approximate surface area is 111 Å². The molecule has 1 amide bonds. The lowest BCUT2D eigenvalue weighted by molar-refractivity contribution is -0.132. The van der Waals surface area contributed by atoms with E-state index in [1.54, 1.807) is 0 Å². The third-order valence-electron chi connectivity index (χ3n) is 4.63. The summed E-state index contributed by atoms with van der Waals surface area (Å²) in [5.74, 6) is 2.45. The van der Waals surface area contributed by atoms with Gasteiger partial charge in [0.2, 0.25) is 5.91 Å². The summed E-state index contributed by atoms with van der Waals surface area (Å²) in [4.78, 5) is 14.3. The molecular weight excluding hydrogens is 224 g/mol. The van der Waals surface area contributed by atoms with Crippen molar-refractivity contribution in [1.82, 2.24) is 4.90 Å². The zero-order chi connectivity index (χ0) is 13.1. The molecule has 0 aromatic rings. The molecule has 2 fully saturated rings. The number of rotatable bonds is 4. The zero-order valence-corrected chi connectivity index (χ0v) is 11.9. The van der Waals surface area contributed by atoms with Gasteiger partial charge in [0.15, 0.2) is 0 Å². The Morgan fingerprint density at radius 3 is 2.56 bits per heavy atom. The van der Waals surface area contributed by atoms with Crippen LogP contribution in [-0.2, 0) is 4.79 Å². The number of carbonyl (C=O) groups is 1. The Kier molecular flexibility index (Phi) is 4.66. The molecular formula is C15H28N2O. The summed E-state index contributed by atoms with van der Waals surface area (Å²) in [5.41, 5.74) is 6.04. The maximum atomic E-state index is 12.3. The molecule has 0 aromatic heterocycles. The highest BCUT2D eigenvalue weighted by atomic mass is 16.2. The van der Waals surface area contributed by atoms with E-state index in [-0.39, 0.29) is 11.9 Å². The van der Waals surface area contributed by atoms with Gasteiger partial charge in [-0.1, -0.05) is 26.7 Å². The van der Waals surface area contributed by atoms with Gasteiger partial charge >= 0.3 is 0 Å². The number of hydrogen-bond donors (Lipinski definition) is 1. The fourth-order valence-electron chi connectivity index (χ4n) is 3.06. The van der Waals surface area contributed by atoms with Crippen molar-refractivity contribution >= 4 is 5.91 Å². The highest BCUT2D eigenvalue weighted by Gasteiger charge is 2.30. The summed E-state index contributed by atoms with van der Waals surface area (Å²) >= 11 is 0. The van der Waals surface area contributed by atoms with Crippen molar-refractivity contribution in [3.63, 3.8) is 0 Å². The van der Waals surface area contributed by atoms with Crippen LogP contribution >= 0.6 is 0 Å². The number of nitrogens with two attached hydrogens (primary N) is 1. The fraction of sp³-hybridized carbons (Fsp3) is 0.933. The van der Waals surface area contributed by atoms with E-state index in [4.69, 9.17) is 5.73 Å². The molecule has 1 saturated heterocycles. The minimum Gasteiger partial charge on any atom is -0.341 e. The molecule has 1 aliphatic heterocycles. The van der Waals surface area contributed by atoms with Crippen LogP contribution in [0.5, 0.6) is 0 Å². The number of nitrogens with zero attached hydrogens (tertiary/aromatic N) is 1. The molecule has 18 heavy (non-hydrogen) atoms. The maximum absolute atomic E-state index is 12.3. The van der Waals surface area contributed by atoms with Crippen LogP contribution in [0, 0.1) is 17.8 Å². The third-order valence-corrected chi connectivity index (χ3v) is 4.63. The van der Waals surface area contributed by atoms with Crippen molar-refractivity contribution in [2.45, 2.75) is 58.4 Å². The van der Waals surface area contributed by atoms with E-state index in [2.05, 4.69) is 13.8 Å². The lowest BCUT2D eigenvalue weighted by Gasteiger charge is -2.24. The topological polar surface area (TPSA) is 46.3 Å². The van der Waals surface area contributed by atoms with Crippen molar-refractivity contribution in [1.29, 1.82) is 0 Å². The second-order valence-corrected chi connectivity index (χ2v) is 6.55. The van der Waals surface area contributed by atoms with Gasteiger partial charge in [0.1, 0.15) is 0 Å². The molecule has 3 heteroatoms. The summed E-state index contributed by atoms with van der Waals surface area (Å²) in [6.07, 6.45) is 7.01. The molecule has 1 aliphatic carbocycles. The average molecular weight is 252 g/mol. The number of amides is 1. The minimum absolute atomic E-state index is 0.200. The molecule has 104 valence electrons. The SMILES string of the molecule is CC(C)C1CCCN(C(=O)C(N)CC2CC2)CC1. The Hall–Kier alpha value is -0.570. The quantitative estimate of drug-likeness (QED) is 0.835. The van der Waals surface area contributed by atoms with E-state index in [0.29, 0.717) is 0 Å². The van der Waals surface area contributed by atoms with Gasteiger partial charge < -0.3 is 10.6 Å². The Bertz CT molecular complexity index is 286. The first kappa shape index (κ1) is 13.9. The van der Waals surface area contributed by atoms with Crippen molar-refractivity contribution in [3.8, 4) is 0 Å². The summed E-state index contributed by atoms with van der Waals surface area (Å²) in [7, 11) is 0. The fourth-order valence-corrected chi connectivity index (χ4v) is 3.06. The molecule has 0 radical (unpaired) electrons. The van der Waals surface area contributed by atoms with Crippen LogP contribution in [-0.4, -0.2) is 29.9 Å². The highest BCUT2D eigenvalue weighted by molar-refractivity contribution is 5.81. The first-order valence-electron chi connectivity index (χ1n) is 7.62. The summed E-state index contributed by atoms with van der Waals surface area (Å²) in [6.45, 7) is 6.42.